The fourth-order valence-corrected chi connectivity index (χ4v) is 5.55. The molecule has 0 aliphatic rings. The number of sulfonamides is 1. The Kier molecular flexibility index (Phi) is 9.41. The van der Waals surface area contributed by atoms with Gasteiger partial charge in [0.2, 0.25) is 11.8 Å². The molecule has 37 heavy (non-hydrogen) atoms. The van der Waals surface area contributed by atoms with Crippen molar-refractivity contribution in [2.45, 2.75) is 44.7 Å². The maximum absolute atomic E-state index is 14.9. The lowest BCUT2D eigenvalue weighted by Crippen LogP contribution is -2.52. The minimum Gasteiger partial charge on any atom is -0.355 e. The Morgan fingerprint density at radius 1 is 0.946 bits per heavy atom. The van der Waals surface area contributed by atoms with Crippen molar-refractivity contribution in [2.75, 3.05) is 17.4 Å². The Bertz CT molecular complexity index is 1330. The van der Waals surface area contributed by atoms with Gasteiger partial charge >= 0.3 is 0 Å². The molecule has 3 aromatic rings. The van der Waals surface area contributed by atoms with Crippen LogP contribution in [0, 0.1) is 12.7 Å². The van der Waals surface area contributed by atoms with E-state index in [0.717, 1.165) is 21.5 Å². The van der Waals surface area contributed by atoms with Crippen LogP contribution < -0.4 is 9.62 Å². The molecule has 0 aliphatic carbocycles. The molecule has 196 valence electrons. The van der Waals surface area contributed by atoms with Crippen molar-refractivity contribution >= 4 is 27.5 Å². The second-order valence-electron chi connectivity index (χ2n) is 8.61. The number of hydrogen-bond donors (Lipinski definition) is 1. The van der Waals surface area contributed by atoms with Gasteiger partial charge in [0, 0.05) is 13.1 Å². The lowest BCUT2D eigenvalue weighted by molar-refractivity contribution is -0.140. The van der Waals surface area contributed by atoms with E-state index in [4.69, 9.17) is 0 Å². The highest BCUT2D eigenvalue weighted by Gasteiger charge is 2.34. The normalized spacial score (nSPS) is 12.0. The lowest BCUT2D eigenvalue weighted by Gasteiger charge is -2.33. The van der Waals surface area contributed by atoms with E-state index in [2.05, 4.69) is 5.32 Å². The average Bonchev–Trinajstić information content (AvgIpc) is 2.88. The van der Waals surface area contributed by atoms with E-state index in [0.29, 0.717) is 13.0 Å². The molecule has 0 heterocycles. The summed E-state index contributed by atoms with van der Waals surface area (Å²) in [6.45, 7) is 5.27. The summed E-state index contributed by atoms with van der Waals surface area (Å²) in [5.41, 5.74) is 1.52. The van der Waals surface area contributed by atoms with Gasteiger partial charge in [-0.1, -0.05) is 67.1 Å². The molecular formula is C28H32FN3O4S. The number of nitrogens with one attached hydrogen (secondary N) is 1. The molecule has 0 aliphatic heterocycles. The number of nitrogens with zero attached hydrogens (tertiary/aromatic N) is 2. The average molecular weight is 526 g/mol. The Hall–Kier alpha value is -3.72. The Labute approximate surface area is 218 Å². The van der Waals surface area contributed by atoms with E-state index in [1.807, 2.05) is 31.2 Å². The van der Waals surface area contributed by atoms with Gasteiger partial charge < -0.3 is 10.2 Å². The van der Waals surface area contributed by atoms with Crippen LogP contribution in [0.25, 0.3) is 0 Å². The molecule has 0 saturated carbocycles. The van der Waals surface area contributed by atoms with Crippen LogP contribution in [0.15, 0.2) is 83.8 Å². The van der Waals surface area contributed by atoms with Gasteiger partial charge in [0.05, 0.1) is 10.6 Å². The number of hydrogen-bond acceptors (Lipinski definition) is 4. The predicted octanol–water partition coefficient (Wildman–Crippen LogP) is 4.27. The first kappa shape index (κ1) is 27.9. The molecule has 0 radical (unpaired) electrons. The third kappa shape index (κ3) is 6.74. The van der Waals surface area contributed by atoms with E-state index in [-0.39, 0.29) is 23.0 Å². The number of carbonyl (C=O) groups is 2. The van der Waals surface area contributed by atoms with Crippen LogP contribution in [0.4, 0.5) is 10.1 Å². The molecular weight excluding hydrogens is 493 g/mol. The van der Waals surface area contributed by atoms with Crippen LogP contribution in [-0.4, -0.2) is 44.3 Å². The summed E-state index contributed by atoms with van der Waals surface area (Å²) in [5, 5.41) is 2.75. The van der Waals surface area contributed by atoms with Gasteiger partial charge in [-0.25, -0.2) is 12.8 Å². The predicted molar refractivity (Wildman–Crippen MR) is 142 cm³/mol. The Morgan fingerprint density at radius 2 is 1.62 bits per heavy atom. The van der Waals surface area contributed by atoms with Gasteiger partial charge in [0.1, 0.15) is 18.4 Å². The monoisotopic (exact) mass is 525 g/mol. The molecule has 0 bridgehead atoms. The van der Waals surface area contributed by atoms with Crippen LogP contribution >= 0.6 is 0 Å². The third-order valence-corrected chi connectivity index (χ3v) is 7.68. The molecule has 0 aromatic heterocycles. The molecule has 2 amide bonds. The minimum atomic E-state index is -4.30. The highest BCUT2D eigenvalue weighted by Crippen LogP contribution is 2.27. The summed E-state index contributed by atoms with van der Waals surface area (Å²) in [7, 11) is -4.30. The van der Waals surface area contributed by atoms with Crippen molar-refractivity contribution in [2.24, 2.45) is 0 Å². The number of amides is 2. The molecule has 7 nitrogen and oxygen atoms in total. The van der Waals surface area contributed by atoms with Gasteiger partial charge in [-0.3, -0.25) is 13.9 Å². The van der Waals surface area contributed by atoms with E-state index in [1.54, 1.807) is 32.0 Å². The Balaban J connectivity index is 2.06. The topological polar surface area (TPSA) is 86.8 Å². The summed E-state index contributed by atoms with van der Waals surface area (Å²) in [6.07, 6.45) is 0.314. The van der Waals surface area contributed by atoms with Crippen molar-refractivity contribution < 1.29 is 22.4 Å². The quantitative estimate of drug-likeness (QED) is 0.405. The zero-order valence-electron chi connectivity index (χ0n) is 21.2. The summed E-state index contributed by atoms with van der Waals surface area (Å²) in [6, 6.07) is 19.6. The van der Waals surface area contributed by atoms with Gasteiger partial charge in [-0.15, -0.1) is 0 Å². The Morgan fingerprint density at radius 3 is 2.24 bits per heavy atom. The number of carbonyl (C=O) groups excluding carboxylic acids is 2. The molecule has 9 heteroatoms. The first-order valence-electron chi connectivity index (χ1n) is 12.1. The molecule has 3 aromatic carbocycles. The van der Waals surface area contributed by atoms with Crippen LogP contribution in [0.2, 0.25) is 0 Å². The largest absolute Gasteiger partial charge is 0.355 e. The third-order valence-electron chi connectivity index (χ3n) is 5.90. The van der Waals surface area contributed by atoms with Gasteiger partial charge in [0.25, 0.3) is 10.0 Å². The van der Waals surface area contributed by atoms with Crippen LogP contribution in [0.5, 0.6) is 0 Å². The number of likely N-dealkylation sites (N-methyl/N-ethyl adjacent to an activating group) is 1. The number of para-hydroxylation sites is 1. The van der Waals surface area contributed by atoms with Crippen molar-refractivity contribution in [3.8, 4) is 0 Å². The first-order valence-corrected chi connectivity index (χ1v) is 13.6. The number of anilines is 1. The fourth-order valence-electron chi connectivity index (χ4n) is 4.11. The first-order chi connectivity index (χ1) is 17.7. The van der Waals surface area contributed by atoms with Crippen LogP contribution in [0.3, 0.4) is 0 Å². The highest BCUT2D eigenvalue weighted by atomic mass is 32.2. The van der Waals surface area contributed by atoms with Crippen LogP contribution in [0.1, 0.15) is 31.4 Å². The van der Waals surface area contributed by atoms with E-state index >= 15 is 0 Å². The highest BCUT2D eigenvalue weighted by molar-refractivity contribution is 7.92. The number of rotatable bonds is 11. The molecule has 0 fully saturated rings. The second-order valence-corrected chi connectivity index (χ2v) is 10.5. The molecule has 0 spiro atoms. The van der Waals surface area contributed by atoms with Crippen molar-refractivity contribution in [1.29, 1.82) is 0 Å². The molecule has 1 atom stereocenters. The fraction of sp³-hybridized carbons (Fsp3) is 0.286. The maximum Gasteiger partial charge on any atom is 0.264 e. The summed E-state index contributed by atoms with van der Waals surface area (Å²) in [5.74, 6) is -1.74. The van der Waals surface area contributed by atoms with Crippen LogP contribution in [-0.2, 0) is 26.2 Å². The molecule has 0 saturated heterocycles. The van der Waals surface area contributed by atoms with Gasteiger partial charge in [-0.05, 0) is 50.1 Å². The standard InChI is InChI=1S/C28H32FN3O4S/c1-4-25(28(34)30-5-2)31(19-22-13-11-12-21(3)18-22)27(33)20-32(26-17-10-9-16-24(26)29)37(35,36)23-14-7-6-8-15-23/h6-18,25H,4-5,19-20H2,1-3H3,(H,30,34)/t25-/m0/s1. The number of halogens is 1. The molecule has 3 rings (SSSR count). The van der Waals surface area contributed by atoms with E-state index in [9.17, 15) is 22.4 Å². The SMILES string of the molecule is CCNC(=O)[C@H](CC)N(Cc1cccc(C)c1)C(=O)CN(c1ccccc1F)S(=O)(=O)c1ccccc1. The zero-order valence-corrected chi connectivity index (χ0v) is 22.0. The minimum absolute atomic E-state index is 0.0768. The summed E-state index contributed by atoms with van der Waals surface area (Å²) in [4.78, 5) is 28.0. The van der Waals surface area contributed by atoms with Crippen molar-refractivity contribution in [3.05, 3.63) is 95.8 Å². The van der Waals surface area contributed by atoms with Crippen molar-refractivity contribution in [3.63, 3.8) is 0 Å². The summed E-state index contributed by atoms with van der Waals surface area (Å²) < 4.78 is 42.9. The second kappa shape index (κ2) is 12.5. The number of benzene rings is 3. The lowest BCUT2D eigenvalue weighted by atomic mass is 10.1. The number of aryl methyl sites for hydroxylation is 1. The van der Waals surface area contributed by atoms with E-state index < -0.39 is 34.3 Å². The maximum atomic E-state index is 14.9. The van der Waals surface area contributed by atoms with Gasteiger partial charge in [0.15, 0.2) is 0 Å². The van der Waals surface area contributed by atoms with E-state index in [1.165, 1.54) is 35.2 Å². The van der Waals surface area contributed by atoms with Crippen molar-refractivity contribution in [1.82, 2.24) is 10.2 Å². The zero-order chi connectivity index (χ0) is 27.0. The molecule has 1 N–H and O–H groups in total. The molecule has 0 unspecified atom stereocenters. The van der Waals surface area contributed by atoms with Gasteiger partial charge in [-0.2, -0.15) is 0 Å². The summed E-state index contributed by atoms with van der Waals surface area (Å²) >= 11 is 0. The smallest absolute Gasteiger partial charge is 0.264 e.